The Balaban J connectivity index is 1.72. The third kappa shape index (κ3) is 4.86. The van der Waals surface area contributed by atoms with E-state index in [2.05, 4.69) is 10.3 Å². The van der Waals surface area contributed by atoms with Crippen LogP contribution < -0.4 is 20.3 Å². The van der Waals surface area contributed by atoms with E-state index in [1.807, 2.05) is 30.3 Å². The summed E-state index contributed by atoms with van der Waals surface area (Å²) < 4.78 is 11.5. The molecule has 1 aromatic heterocycles. The zero-order valence-electron chi connectivity index (χ0n) is 16.9. The number of nitro benzene ring substituents is 1. The van der Waals surface area contributed by atoms with Gasteiger partial charge in [0.05, 0.1) is 37.2 Å². The van der Waals surface area contributed by atoms with E-state index in [1.54, 1.807) is 0 Å². The molecule has 0 unspecified atom stereocenters. The van der Waals surface area contributed by atoms with Gasteiger partial charge < -0.3 is 14.8 Å². The van der Waals surface area contributed by atoms with E-state index < -0.39 is 16.5 Å². The Kier molecular flexibility index (Phi) is 6.61. The van der Waals surface area contributed by atoms with Crippen LogP contribution in [0.5, 0.6) is 11.5 Å². The molecule has 3 aromatic rings. The number of hydrogen-bond donors (Lipinski definition) is 1. The van der Waals surface area contributed by atoms with E-state index in [0.717, 1.165) is 11.6 Å². The highest BCUT2D eigenvalue weighted by Crippen LogP contribution is 2.34. The number of benzene rings is 2. The molecule has 0 bridgehead atoms. The summed E-state index contributed by atoms with van der Waals surface area (Å²) in [5.74, 6) is -0.341. The fourth-order valence-electron chi connectivity index (χ4n) is 2.95. The second-order valence-corrected chi connectivity index (χ2v) is 6.41. The Morgan fingerprint density at radius 3 is 2.42 bits per heavy atom. The number of methoxy groups -OCH3 is 2. The van der Waals surface area contributed by atoms with Gasteiger partial charge in [-0.1, -0.05) is 30.3 Å². The Morgan fingerprint density at radius 1 is 1.13 bits per heavy atom. The summed E-state index contributed by atoms with van der Waals surface area (Å²) in [6, 6.07) is 13.1. The average molecular weight is 424 g/mol. The summed E-state index contributed by atoms with van der Waals surface area (Å²) in [4.78, 5) is 39.8. The fraction of sp³-hybridized carbons (Fsp3) is 0.190. The number of nitrogens with one attached hydrogen (secondary N) is 1. The van der Waals surface area contributed by atoms with Crippen LogP contribution in [0, 0.1) is 10.1 Å². The van der Waals surface area contributed by atoms with Crippen molar-refractivity contribution in [3.63, 3.8) is 0 Å². The normalized spacial score (nSPS) is 10.4. The second-order valence-electron chi connectivity index (χ2n) is 6.41. The molecule has 2 aromatic carbocycles. The number of aromatic nitrogens is 2. The minimum Gasteiger partial charge on any atom is -0.493 e. The van der Waals surface area contributed by atoms with Gasteiger partial charge in [0.2, 0.25) is 0 Å². The largest absolute Gasteiger partial charge is 0.493 e. The van der Waals surface area contributed by atoms with Crippen LogP contribution in [0.25, 0.3) is 11.3 Å². The van der Waals surface area contributed by atoms with Gasteiger partial charge in [-0.05, 0) is 0 Å². The molecule has 31 heavy (non-hydrogen) atoms. The van der Waals surface area contributed by atoms with E-state index >= 15 is 0 Å². The minimum atomic E-state index is -0.673. The highest BCUT2D eigenvalue weighted by molar-refractivity contribution is 5.99. The Bertz CT molecular complexity index is 1160. The van der Waals surface area contributed by atoms with Crippen molar-refractivity contribution in [1.29, 1.82) is 0 Å². The molecule has 0 saturated carbocycles. The van der Waals surface area contributed by atoms with Gasteiger partial charge in [0.15, 0.2) is 11.5 Å². The molecule has 0 aliphatic heterocycles. The van der Waals surface area contributed by atoms with Crippen molar-refractivity contribution in [1.82, 2.24) is 14.9 Å². The molecule has 0 aliphatic carbocycles. The summed E-state index contributed by atoms with van der Waals surface area (Å²) in [7, 11) is 2.71. The Morgan fingerprint density at radius 2 is 1.81 bits per heavy atom. The lowest BCUT2D eigenvalue weighted by atomic mass is 10.1. The molecule has 3 rings (SSSR count). The van der Waals surface area contributed by atoms with E-state index in [-0.39, 0.29) is 35.7 Å². The summed E-state index contributed by atoms with van der Waals surface area (Å²) in [6.07, 6.45) is 1.40. The monoisotopic (exact) mass is 424 g/mol. The van der Waals surface area contributed by atoms with Crippen LogP contribution in [0.4, 0.5) is 5.69 Å². The molecule has 1 N–H and O–H groups in total. The van der Waals surface area contributed by atoms with Crippen LogP contribution in [0.3, 0.4) is 0 Å². The first kappa shape index (κ1) is 21.5. The molecule has 0 atom stereocenters. The summed E-state index contributed by atoms with van der Waals surface area (Å²) in [6.45, 7) is 0.213. The van der Waals surface area contributed by atoms with Crippen molar-refractivity contribution in [2.45, 2.75) is 6.54 Å². The minimum absolute atomic E-state index is 0.0661. The van der Waals surface area contributed by atoms with Gasteiger partial charge in [0.1, 0.15) is 5.56 Å². The molecule has 0 aliphatic rings. The number of nitro groups is 1. The molecule has 0 spiro atoms. The molecule has 0 fully saturated rings. The van der Waals surface area contributed by atoms with E-state index in [9.17, 15) is 19.7 Å². The molecule has 10 heteroatoms. The number of amides is 1. The lowest BCUT2D eigenvalue weighted by Gasteiger charge is -2.11. The topological polar surface area (TPSA) is 126 Å². The van der Waals surface area contributed by atoms with Crippen LogP contribution in [-0.2, 0) is 6.54 Å². The quantitative estimate of drug-likeness (QED) is 0.434. The first-order valence-electron chi connectivity index (χ1n) is 9.25. The van der Waals surface area contributed by atoms with Crippen molar-refractivity contribution < 1.29 is 19.2 Å². The summed E-state index contributed by atoms with van der Waals surface area (Å²) in [5.41, 5.74) is 0.501. The molecule has 1 amide bonds. The van der Waals surface area contributed by atoms with Crippen LogP contribution in [0.15, 0.2) is 59.7 Å². The molecule has 0 radical (unpaired) electrons. The lowest BCUT2D eigenvalue weighted by molar-refractivity contribution is -0.385. The van der Waals surface area contributed by atoms with Gasteiger partial charge in [0.25, 0.3) is 17.2 Å². The number of carbonyl (C=O) groups is 1. The van der Waals surface area contributed by atoms with Gasteiger partial charge >= 0.3 is 0 Å². The van der Waals surface area contributed by atoms with Crippen molar-refractivity contribution >= 4 is 11.6 Å². The number of ether oxygens (including phenoxy) is 2. The average Bonchev–Trinajstić information content (AvgIpc) is 2.79. The number of rotatable bonds is 8. The zero-order valence-corrected chi connectivity index (χ0v) is 16.9. The van der Waals surface area contributed by atoms with Crippen molar-refractivity contribution in [3.05, 3.63) is 80.9 Å². The first-order chi connectivity index (χ1) is 14.9. The van der Waals surface area contributed by atoms with Crippen LogP contribution >= 0.6 is 0 Å². The lowest BCUT2D eigenvalue weighted by Crippen LogP contribution is -2.31. The number of nitrogens with zero attached hydrogens (tertiary/aromatic N) is 3. The summed E-state index contributed by atoms with van der Waals surface area (Å²) in [5, 5.41) is 13.9. The maximum atomic E-state index is 12.5. The summed E-state index contributed by atoms with van der Waals surface area (Å²) >= 11 is 0. The van der Waals surface area contributed by atoms with Crippen molar-refractivity contribution in [3.8, 4) is 22.8 Å². The van der Waals surface area contributed by atoms with Crippen molar-refractivity contribution in [2.24, 2.45) is 0 Å². The van der Waals surface area contributed by atoms with Crippen LogP contribution in [0.1, 0.15) is 10.4 Å². The highest BCUT2D eigenvalue weighted by atomic mass is 16.6. The molecule has 10 nitrogen and oxygen atoms in total. The predicted octanol–water partition coefficient (Wildman–Crippen LogP) is 2.27. The maximum absolute atomic E-state index is 12.5. The van der Waals surface area contributed by atoms with Gasteiger partial charge in [-0.2, -0.15) is 0 Å². The van der Waals surface area contributed by atoms with Crippen LogP contribution in [0.2, 0.25) is 0 Å². The Labute approximate surface area is 177 Å². The van der Waals surface area contributed by atoms with Crippen LogP contribution in [-0.4, -0.2) is 41.1 Å². The number of hydrogen-bond acceptors (Lipinski definition) is 7. The maximum Gasteiger partial charge on any atom is 0.286 e. The SMILES string of the molecule is COc1cc(C(=O)NCCn2cnc(-c3ccccc3)cc2=O)c([N+](=O)[O-])cc1OC. The Hall–Kier alpha value is -4.21. The van der Waals surface area contributed by atoms with E-state index in [0.29, 0.717) is 5.69 Å². The third-order valence-corrected chi connectivity index (χ3v) is 4.53. The second kappa shape index (κ2) is 9.53. The molecule has 0 saturated heterocycles. The van der Waals surface area contributed by atoms with Crippen molar-refractivity contribution in [2.75, 3.05) is 20.8 Å². The van der Waals surface area contributed by atoms with E-state index in [4.69, 9.17) is 9.47 Å². The fourth-order valence-corrected chi connectivity index (χ4v) is 2.95. The first-order valence-corrected chi connectivity index (χ1v) is 9.25. The molecule has 1 heterocycles. The third-order valence-electron chi connectivity index (χ3n) is 4.53. The number of carbonyl (C=O) groups excluding carboxylic acids is 1. The van der Waals surface area contributed by atoms with E-state index in [1.165, 1.54) is 37.2 Å². The predicted molar refractivity (Wildman–Crippen MR) is 112 cm³/mol. The molecule has 160 valence electrons. The molecular weight excluding hydrogens is 404 g/mol. The zero-order chi connectivity index (χ0) is 22.4. The van der Waals surface area contributed by atoms with Gasteiger partial charge in [-0.3, -0.25) is 24.3 Å². The van der Waals surface area contributed by atoms with Gasteiger partial charge in [-0.15, -0.1) is 0 Å². The standard InChI is InChI=1S/C21H20N4O6/c1-30-18-10-15(17(25(28)29)12-19(18)31-2)21(27)22-8-9-24-13-23-16(11-20(24)26)14-6-4-3-5-7-14/h3-7,10-13H,8-9H2,1-2H3,(H,22,27). The van der Waals surface area contributed by atoms with Gasteiger partial charge in [0, 0.05) is 30.8 Å². The van der Waals surface area contributed by atoms with Gasteiger partial charge in [-0.25, -0.2) is 4.98 Å². The highest BCUT2D eigenvalue weighted by Gasteiger charge is 2.24. The smallest absolute Gasteiger partial charge is 0.286 e. The molecular formula is C21H20N4O6.